The Bertz CT molecular complexity index is 820. The molecule has 1 unspecified atom stereocenters. The van der Waals surface area contributed by atoms with Crippen LogP contribution in [0.15, 0.2) is 24.4 Å². The molecule has 3 N–H and O–H groups in total. The molecule has 0 saturated carbocycles. The molecular weight excluding hydrogens is 363 g/mol. The van der Waals surface area contributed by atoms with E-state index in [1.807, 2.05) is 4.90 Å². The molecule has 0 aliphatic carbocycles. The van der Waals surface area contributed by atoms with Crippen LogP contribution in [0.2, 0.25) is 0 Å². The van der Waals surface area contributed by atoms with Crippen molar-refractivity contribution >= 4 is 5.97 Å². The zero-order chi connectivity index (χ0) is 19.6. The summed E-state index contributed by atoms with van der Waals surface area (Å²) in [5.74, 6) is -1.13. The summed E-state index contributed by atoms with van der Waals surface area (Å²) in [6, 6.07) is 3.62. The number of hydrogen-bond donors (Lipinski definition) is 3. The number of likely N-dealkylation sites (tertiary alicyclic amines) is 1. The van der Waals surface area contributed by atoms with Gasteiger partial charge in [0.2, 0.25) is 0 Å². The van der Waals surface area contributed by atoms with E-state index < -0.39 is 24.3 Å². The minimum Gasteiger partial charge on any atom is -0.477 e. The summed E-state index contributed by atoms with van der Waals surface area (Å²) in [5, 5.41) is 24.8. The molecule has 146 valence electrons. The first kappa shape index (κ1) is 19.4. The van der Waals surface area contributed by atoms with E-state index in [0.29, 0.717) is 30.8 Å². The quantitative estimate of drug-likeness (QED) is 0.739. The summed E-state index contributed by atoms with van der Waals surface area (Å²) >= 11 is 0. The number of aliphatic hydroxyl groups is 1. The van der Waals surface area contributed by atoms with Gasteiger partial charge in [-0.2, -0.15) is 18.3 Å². The molecule has 3 rings (SSSR count). The fourth-order valence-corrected chi connectivity index (χ4v) is 3.60. The van der Waals surface area contributed by atoms with Gasteiger partial charge in [-0.1, -0.05) is 6.07 Å². The molecule has 1 fully saturated rings. The maximum atomic E-state index is 13.1. The van der Waals surface area contributed by atoms with Crippen LogP contribution in [0.5, 0.6) is 0 Å². The standard InChI is InChI=1S/C18H20F3N3O3/c19-18(20,21)14-5-11(4-12(6-14)10-25)8-24-3-1-2-13(9-24)15-7-22-23-16(15)17(26)27/h4-7,13,25H,1-3,8-10H2,(H,22,23)(H,26,27). The number of carboxylic acid groups (broad SMARTS) is 1. The maximum absolute atomic E-state index is 13.1. The van der Waals surface area contributed by atoms with E-state index in [1.54, 1.807) is 6.07 Å². The van der Waals surface area contributed by atoms with Crippen molar-refractivity contribution in [1.82, 2.24) is 15.1 Å². The highest BCUT2D eigenvalue weighted by Gasteiger charge is 2.32. The van der Waals surface area contributed by atoms with Crippen molar-refractivity contribution < 1.29 is 28.2 Å². The Kier molecular flexibility index (Phi) is 5.52. The van der Waals surface area contributed by atoms with Gasteiger partial charge in [-0.15, -0.1) is 0 Å². The lowest BCUT2D eigenvalue weighted by atomic mass is 9.90. The molecule has 0 bridgehead atoms. The van der Waals surface area contributed by atoms with Gasteiger partial charge in [-0.3, -0.25) is 10.00 Å². The number of benzene rings is 1. The van der Waals surface area contributed by atoms with Crippen LogP contribution in [-0.4, -0.2) is 44.4 Å². The Morgan fingerprint density at radius 3 is 2.70 bits per heavy atom. The first-order valence-electron chi connectivity index (χ1n) is 8.57. The van der Waals surface area contributed by atoms with Gasteiger partial charge >= 0.3 is 12.1 Å². The number of halogens is 3. The van der Waals surface area contributed by atoms with Crippen molar-refractivity contribution in [2.45, 2.75) is 38.1 Å². The molecule has 2 aromatic rings. The second-order valence-corrected chi connectivity index (χ2v) is 6.77. The highest BCUT2D eigenvalue weighted by molar-refractivity contribution is 5.87. The van der Waals surface area contributed by atoms with Crippen LogP contribution < -0.4 is 0 Å². The number of hydrogen-bond acceptors (Lipinski definition) is 4. The molecule has 1 aliphatic rings. The van der Waals surface area contributed by atoms with Crippen LogP contribution >= 0.6 is 0 Å². The number of rotatable bonds is 5. The summed E-state index contributed by atoms with van der Waals surface area (Å²) in [6.45, 7) is 1.08. The molecule has 0 amide bonds. The molecule has 0 radical (unpaired) electrons. The molecule has 9 heteroatoms. The molecular formula is C18H20F3N3O3. The lowest BCUT2D eigenvalue weighted by molar-refractivity contribution is -0.137. The molecule has 1 saturated heterocycles. The lowest BCUT2D eigenvalue weighted by Crippen LogP contribution is -2.34. The van der Waals surface area contributed by atoms with E-state index in [0.717, 1.165) is 25.0 Å². The Morgan fingerprint density at radius 2 is 2.04 bits per heavy atom. The van der Waals surface area contributed by atoms with Gasteiger partial charge in [-0.05, 0) is 42.6 Å². The van der Waals surface area contributed by atoms with E-state index in [1.165, 1.54) is 6.20 Å². The van der Waals surface area contributed by atoms with E-state index >= 15 is 0 Å². The number of aromatic amines is 1. The highest BCUT2D eigenvalue weighted by Crippen LogP contribution is 2.32. The Morgan fingerprint density at radius 1 is 1.30 bits per heavy atom. The molecule has 1 aromatic carbocycles. The van der Waals surface area contributed by atoms with Gasteiger partial charge in [0, 0.05) is 24.6 Å². The predicted octanol–water partition coefficient (Wildman–Crippen LogP) is 3.00. The van der Waals surface area contributed by atoms with Crippen molar-refractivity contribution in [2.24, 2.45) is 0 Å². The van der Waals surface area contributed by atoms with E-state index in [2.05, 4.69) is 10.2 Å². The number of aromatic carboxylic acids is 1. The van der Waals surface area contributed by atoms with Crippen molar-refractivity contribution in [2.75, 3.05) is 13.1 Å². The largest absolute Gasteiger partial charge is 0.477 e. The second-order valence-electron chi connectivity index (χ2n) is 6.77. The molecule has 1 aromatic heterocycles. The van der Waals surface area contributed by atoms with Gasteiger partial charge in [-0.25, -0.2) is 4.79 Å². The summed E-state index contributed by atoms with van der Waals surface area (Å²) in [6.07, 6.45) is -1.37. The number of aromatic nitrogens is 2. The van der Waals surface area contributed by atoms with Gasteiger partial charge in [0.05, 0.1) is 18.4 Å². The number of carbonyl (C=O) groups is 1. The smallest absolute Gasteiger partial charge is 0.416 e. The molecule has 1 atom stereocenters. The average Bonchev–Trinajstić information content (AvgIpc) is 3.11. The van der Waals surface area contributed by atoms with Crippen molar-refractivity contribution in [3.63, 3.8) is 0 Å². The Balaban J connectivity index is 1.78. The van der Waals surface area contributed by atoms with Crippen molar-refractivity contribution in [1.29, 1.82) is 0 Å². The number of alkyl halides is 3. The lowest BCUT2D eigenvalue weighted by Gasteiger charge is -2.32. The number of nitrogens with zero attached hydrogens (tertiary/aromatic N) is 2. The summed E-state index contributed by atoms with van der Waals surface area (Å²) in [4.78, 5) is 13.3. The highest BCUT2D eigenvalue weighted by atomic mass is 19.4. The molecule has 27 heavy (non-hydrogen) atoms. The van der Waals surface area contributed by atoms with Crippen LogP contribution in [0, 0.1) is 0 Å². The number of nitrogens with one attached hydrogen (secondary N) is 1. The molecule has 1 aliphatic heterocycles. The van der Waals surface area contributed by atoms with Crippen LogP contribution in [0.4, 0.5) is 13.2 Å². The monoisotopic (exact) mass is 383 g/mol. The number of aliphatic hydroxyl groups excluding tert-OH is 1. The topological polar surface area (TPSA) is 89.4 Å². The normalized spacial score (nSPS) is 18.6. The van der Waals surface area contributed by atoms with Gasteiger partial charge in [0.1, 0.15) is 5.69 Å². The SMILES string of the molecule is O=C(O)c1[nH]ncc1C1CCCN(Cc2cc(CO)cc(C(F)(F)F)c2)C1. The predicted molar refractivity (Wildman–Crippen MR) is 90.2 cm³/mol. The number of H-pyrrole nitrogens is 1. The van der Waals surface area contributed by atoms with Gasteiger partial charge < -0.3 is 10.2 Å². The first-order chi connectivity index (χ1) is 12.8. The first-order valence-corrected chi connectivity index (χ1v) is 8.57. The van der Waals surface area contributed by atoms with Crippen LogP contribution in [-0.2, 0) is 19.3 Å². The van der Waals surface area contributed by atoms with E-state index in [4.69, 9.17) is 0 Å². The minimum atomic E-state index is -4.47. The molecule has 2 heterocycles. The van der Waals surface area contributed by atoms with Crippen molar-refractivity contribution in [3.05, 3.63) is 52.3 Å². The number of piperidine rings is 1. The number of carboxylic acids is 1. The van der Waals surface area contributed by atoms with Crippen LogP contribution in [0.1, 0.15) is 51.5 Å². The molecule has 0 spiro atoms. The molecule has 6 nitrogen and oxygen atoms in total. The average molecular weight is 383 g/mol. The summed E-state index contributed by atoms with van der Waals surface area (Å²) < 4.78 is 39.2. The van der Waals surface area contributed by atoms with Gasteiger partial charge in [0.15, 0.2) is 0 Å². The van der Waals surface area contributed by atoms with E-state index in [-0.39, 0.29) is 17.2 Å². The maximum Gasteiger partial charge on any atom is 0.416 e. The fraction of sp³-hybridized carbons (Fsp3) is 0.444. The second kappa shape index (κ2) is 7.69. The Labute approximate surface area is 153 Å². The van der Waals surface area contributed by atoms with Crippen LogP contribution in [0.25, 0.3) is 0 Å². The zero-order valence-corrected chi connectivity index (χ0v) is 14.5. The van der Waals surface area contributed by atoms with Gasteiger partial charge in [0.25, 0.3) is 0 Å². The third-order valence-corrected chi connectivity index (χ3v) is 4.80. The minimum absolute atomic E-state index is 0.0493. The summed E-state index contributed by atoms with van der Waals surface area (Å²) in [5.41, 5.74) is 0.591. The fourth-order valence-electron chi connectivity index (χ4n) is 3.60. The third-order valence-electron chi connectivity index (χ3n) is 4.80. The zero-order valence-electron chi connectivity index (χ0n) is 14.5. The summed E-state index contributed by atoms with van der Waals surface area (Å²) in [7, 11) is 0. The van der Waals surface area contributed by atoms with Crippen LogP contribution in [0.3, 0.4) is 0 Å². The third kappa shape index (κ3) is 4.48. The van der Waals surface area contributed by atoms with Crippen molar-refractivity contribution in [3.8, 4) is 0 Å². The Hall–Kier alpha value is -2.39. The van der Waals surface area contributed by atoms with E-state index in [9.17, 15) is 28.2 Å².